The Kier molecular flexibility index (Phi) is 5.70. The first-order valence-electron chi connectivity index (χ1n) is 7.24. The summed E-state index contributed by atoms with van der Waals surface area (Å²) < 4.78 is 16.9. The second-order valence-corrected chi connectivity index (χ2v) is 5.86. The van der Waals surface area contributed by atoms with Gasteiger partial charge in [-0.05, 0) is 42.5 Å². The van der Waals surface area contributed by atoms with Gasteiger partial charge >= 0.3 is 0 Å². The van der Waals surface area contributed by atoms with Gasteiger partial charge < -0.3 is 14.2 Å². The van der Waals surface area contributed by atoms with Gasteiger partial charge in [0.2, 0.25) is 0 Å². The Hall–Kier alpha value is -0.770. The fourth-order valence-electron chi connectivity index (χ4n) is 2.21. The maximum Gasteiger partial charge on any atom is 0.160 e. The van der Waals surface area contributed by atoms with Crippen LogP contribution in [0.4, 0.5) is 0 Å². The lowest BCUT2D eigenvalue weighted by Crippen LogP contribution is -2.26. The number of aryl methyl sites for hydroxylation is 1. The smallest absolute Gasteiger partial charge is 0.160 e. The van der Waals surface area contributed by atoms with Crippen molar-refractivity contribution < 1.29 is 14.2 Å². The van der Waals surface area contributed by atoms with E-state index in [1.165, 1.54) is 0 Å². The van der Waals surface area contributed by atoms with Crippen LogP contribution in [0.15, 0.2) is 12.1 Å². The normalized spacial score (nSPS) is 16.6. The number of hydrogen-bond donors (Lipinski definition) is 0. The number of benzene rings is 1. The number of ether oxygens (including phenoxy) is 3. The number of hydrogen-bond acceptors (Lipinski definition) is 3. The fraction of sp³-hybridized carbons (Fsp3) is 0.625. The molecule has 1 aliphatic rings. The summed E-state index contributed by atoms with van der Waals surface area (Å²) in [6.07, 6.45) is 1.60. The third kappa shape index (κ3) is 4.11. The van der Waals surface area contributed by atoms with E-state index in [1.807, 2.05) is 19.1 Å². The Morgan fingerprint density at radius 2 is 2.00 bits per heavy atom. The number of rotatable bonds is 5. The van der Waals surface area contributed by atoms with Gasteiger partial charge in [-0.1, -0.05) is 25.4 Å². The van der Waals surface area contributed by atoms with Crippen LogP contribution in [0, 0.1) is 6.92 Å². The highest BCUT2D eigenvalue weighted by molar-refractivity contribution is 6.31. The molecular formula is C16H23ClO3. The van der Waals surface area contributed by atoms with E-state index in [-0.39, 0.29) is 6.29 Å². The minimum Gasteiger partial charge on any atom is -0.493 e. The first kappa shape index (κ1) is 15.6. The predicted octanol–water partition coefficient (Wildman–Crippen LogP) is 4.30. The zero-order chi connectivity index (χ0) is 14.5. The van der Waals surface area contributed by atoms with Crippen molar-refractivity contribution in [1.82, 2.24) is 0 Å². The van der Waals surface area contributed by atoms with Crippen LogP contribution in [0.5, 0.6) is 5.75 Å². The largest absolute Gasteiger partial charge is 0.493 e. The van der Waals surface area contributed by atoms with E-state index in [1.54, 1.807) is 0 Å². The van der Waals surface area contributed by atoms with Gasteiger partial charge in [0.15, 0.2) is 6.29 Å². The SMILES string of the molecule is Cc1cc(OCCC2OCCCO2)c(C(C)C)cc1Cl. The molecule has 112 valence electrons. The number of halogens is 1. The van der Waals surface area contributed by atoms with E-state index in [0.29, 0.717) is 12.5 Å². The zero-order valence-corrected chi connectivity index (χ0v) is 13.2. The van der Waals surface area contributed by atoms with Gasteiger partial charge in [0.1, 0.15) is 5.75 Å². The average molecular weight is 299 g/mol. The van der Waals surface area contributed by atoms with Gasteiger partial charge in [-0.3, -0.25) is 0 Å². The van der Waals surface area contributed by atoms with E-state index < -0.39 is 0 Å². The van der Waals surface area contributed by atoms with Crippen molar-refractivity contribution in [1.29, 1.82) is 0 Å². The fourth-order valence-corrected chi connectivity index (χ4v) is 2.39. The first-order valence-corrected chi connectivity index (χ1v) is 7.61. The molecule has 0 radical (unpaired) electrons. The molecule has 0 atom stereocenters. The molecule has 4 heteroatoms. The Labute approximate surface area is 126 Å². The maximum atomic E-state index is 6.19. The van der Waals surface area contributed by atoms with E-state index in [0.717, 1.165) is 48.0 Å². The Morgan fingerprint density at radius 1 is 1.30 bits per heavy atom. The molecule has 3 nitrogen and oxygen atoms in total. The summed E-state index contributed by atoms with van der Waals surface area (Å²) in [7, 11) is 0. The summed E-state index contributed by atoms with van der Waals surface area (Å²) >= 11 is 6.19. The highest BCUT2D eigenvalue weighted by Gasteiger charge is 2.15. The molecule has 2 rings (SSSR count). The lowest BCUT2D eigenvalue weighted by Gasteiger charge is -2.23. The van der Waals surface area contributed by atoms with Crippen LogP contribution < -0.4 is 4.74 Å². The summed E-state index contributed by atoms with van der Waals surface area (Å²) in [5.74, 6) is 1.29. The first-order chi connectivity index (χ1) is 9.58. The molecule has 1 heterocycles. The lowest BCUT2D eigenvalue weighted by atomic mass is 10.0. The molecule has 1 saturated heterocycles. The van der Waals surface area contributed by atoms with Crippen molar-refractivity contribution in [3.63, 3.8) is 0 Å². The molecule has 1 aromatic carbocycles. The summed E-state index contributed by atoms with van der Waals surface area (Å²) in [5, 5.41) is 0.792. The van der Waals surface area contributed by atoms with Crippen molar-refractivity contribution in [3.8, 4) is 5.75 Å². The Morgan fingerprint density at radius 3 is 2.65 bits per heavy atom. The third-order valence-corrected chi connectivity index (χ3v) is 3.83. The predicted molar refractivity (Wildman–Crippen MR) is 80.7 cm³/mol. The minimum absolute atomic E-state index is 0.125. The molecule has 0 unspecified atom stereocenters. The van der Waals surface area contributed by atoms with Crippen LogP contribution in [-0.2, 0) is 9.47 Å². The lowest BCUT2D eigenvalue weighted by molar-refractivity contribution is -0.183. The molecule has 0 amide bonds. The van der Waals surface area contributed by atoms with Gasteiger partial charge in [-0.25, -0.2) is 0 Å². The molecule has 1 fully saturated rings. The molecule has 0 N–H and O–H groups in total. The van der Waals surface area contributed by atoms with Crippen molar-refractivity contribution >= 4 is 11.6 Å². The molecule has 1 aliphatic heterocycles. The van der Waals surface area contributed by atoms with Gasteiger partial charge in [0, 0.05) is 11.4 Å². The van der Waals surface area contributed by atoms with Crippen molar-refractivity contribution in [3.05, 3.63) is 28.3 Å². The summed E-state index contributed by atoms with van der Waals surface area (Å²) in [4.78, 5) is 0. The summed E-state index contributed by atoms with van der Waals surface area (Å²) in [6.45, 7) is 8.42. The maximum absolute atomic E-state index is 6.19. The minimum atomic E-state index is -0.125. The van der Waals surface area contributed by atoms with Crippen LogP contribution in [0.25, 0.3) is 0 Å². The Bertz CT molecular complexity index is 440. The molecule has 1 aromatic rings. The summed E-state index contributed by atoms with van der Waals surface area (Å²) in [6, 6.07) is 4.02. The van der Waals surface area contributed by atoms with Gasteiger partial charge in [0.25, 0.3) is 0 Å². The van der Waals surface area contributed by atoms with Crippen molar-refractivity contribution in [2.75, 3.05) is 19.8 Å². The van der Waals surface area contributed by atoms with Gasteiger partial charge in [-0.2, -0.15) is 0 Å². The molecular weight excluding hydrogens is 276 g/mol. The van der Waals surface area contributed by atoms with Crippen molar-refractivity contribution in [2.24, 2.45) is 0 Å². The second-order valence-electron chi connectivity index (χ2n) is 5.46. The van der Waals surface area contributed by atoms with E-state index in [4.69, 9.17) is 25.8 Å². The zero-order valence-electron chi connectivity index (χ0n) is 12.4. The van der Waals surface area contributed by atoms with Crippen LogP contribution in [0.1, 0.15) is 43.7 Å². The van der Waals surface area contributed by atoms with Crippen molar-refractivity contribution in [2.45, 2.75) is 45.8 Å². The highest BCUT2D eigenvalue weighted by atomic mass is 35.5. The summed E-state index contributed by atoms with van der Waals surface area (Å²) in [5.41, 5.74) is 2.18. The van der Waals surface area contributed by atoms with E-state index in [2.05, 4.69) is 13.8 Å². The molecule has 0 aliphatic carbocycles. The highest BCUT2D eigenvalue weighted by Crippen LogP contribution is 2.32. The van der Waals surface area contributed by atoms with E-state index >= 15 is 0 Å². The van der Waals surface area contributed by atoms with Crippen LogP contribution in [-0.4, -0.2) is 26.1 Å². The average Bonchev–Trinajstić information content (AvgIpc) is 2.43. The Balaban J connectivity index is 1.95. The van der Waals surface area contributed by atoms with Gasteiger partial charge in [-0.15, -0.1) is 0 Å². The van der Waals surface area contributed by atoms with Crippen LogP contribution >= 0.6 is 11.6 Å². The quantitative estimate of drug-likeness (QED) is 0.811. The molecule has 20 heavy (non-hydrogen) atoms. The van der Waals surface area contributed by atoms with Crippen LogP contribution in [0.3, 0.4) is 0 Å². The standard InChI is InChI=1S/C16H23ClO3/c1-11(2)13-10-14(17)12(3)9-15(13)18-8-5-16-19-6-4-7-20-16/h9-11,16H,4-8H2,1-3H3. The second kappa shape index (κ2) is 7.30. The molecule has 0 spiro atoms. The van der Waals surface area contributed by atoms with Gasteiger partial charge in [0.05, 0.1) is 19.8 Å². The molecule has 0 aromatic heterocycles. The van der Waals surface area contributed by atoms with E-state index in [9.17, 15) is 0 Å². The van der Waals surface area contributed by atoms with Crippen LogP contribution in [0.2, 0.25) is 5.02 Å². The topological polar surface area (TPSA) is 27.7 Å². The molecule has 0 saturated carbocycles. The molecule has 0 bridgehead atoms. The third-order valence-electron chi connectivity index (χ3n) is 3.42. The monoisotopic (exact) mass is 298 g/mol.